The Morgan fingerprint density at radius 1 is 0.909 bits per heavy atom. The largest absolute Gasteiger partial charge is 0.493 e. The first-order valence-corrected chi connectivity index (χ1v) is 11.9. The smallest absolute Gasteiger partial charge is 0.242 e. The molecule has 174 valence electrons. The summed E-state index contributed by atoms with van der Waals surface area (Å²) < 4.78 is 39.4. The van der Waals surface area contributed by atoms with Gasteiger partial charge in [0.05, 0.1) is 19.1 Å². The lowest BCUT2D eigenvalue weighted by molar-refractivity contribution is -0.117. The van der Waals surface area contributed by atoms with Gasteiger partial charge in [0, 0.05) is 11.8 Å². The first-order chi connectivity index (χ1) is 15.7. The van der Waals surface area contributed by atoms with Gasteiger partial charge < -0.3 is 14.8 Å². The number of carbonyl (C=O) groups excluding carboxylic acids is 1. The minimum absolute atomic E-state index is 0.0299. The lowest BCUT2D eigenvalue weighted by Gasteiger charge is -2.20. The summed E-state index contributed by atoms with van der Waals surface area (Å²) in [5, 5.41) is 2.88. The first kappa shape index (κ1) is 24.3. The molecule has 3 rings (SSSR count). The van der Waals surface area contributed by atoms with Gasteiger partial charge in [-0.1, -0.05) is 42.5 Å². The zero-order valence-corrected chi connectivity index (χ0v) is 19.9. The maximum atomic E-state index is 13.2. The number of amides is 1. The van der Waals surface area contributed by atoms with Crippen molar-refractivity contribution in [3.05, 3.63) is 83.4 Å². The molecule has 33 heavy (non-hydrogen) atoms. The second-order valence-corrected chi connectivity index (χ2v) is 9.33. The van der Waals surface area contributed by atoms with Crippen molar-refractivity contribution in [2.75, 3.05) is 19.5 Å². The molecule has 0 heterocycles. The first-order valence-electron chi connectivity index (χ1n) is 10.4. The van der Waals surface area contributed by atoms with Gasteiger partial charge >= 0.3 is 0 Å². The predicted octanol–water partition coefficient (Wildman–Crippen LogP) is 3.85. The molecule has 0 saturated carbocycles. The van der Waals surface area contributed by atoms with Crippen molar-refractivity contribution in [1.82, 2.24) is 4.72 Å². The van der Waals surface area contributed by atoms with E-state index in [2.05, 4.69) is 10.0 Å². The molecule has 0 radical (unpaired) electrons. The third-order valence-electron chi connectivity index (χ3n) is 5.42. The summed E-state index contributed by atoms with van der Waals surface area (Å²) in [7, 11) is -1.14. The average molecular weight is 469 g/mol. The number of benzene rings is 3. The van der Waals surface area contributed by atoms with Gasteiger partial charge in [-0.05, 0) is 55.2 Å². The summed E-state index contributed by atoms with van der Waals surface area (Å²) in [6.07, 6.45) is 0.185. The maximum absolute atomic E-state index is 13.2. The van der Waals surface area contributed by atoms with E-state index in [1.807, 2.05) is 56.3 Å². The normalized spacial score (nSPS) is 12.1. The van der Waals surface area contributed by atoms with Gasteiger partial charge in [0.15, 0.2) is 11.5 Å². The van der Waals surface area contributed by atoms with E-state index in [-0.39, 0.29) is 17.1 Å². The molecular formula is C25H28N2O5S. The van der Waals surface area contributed by atoms with Crippen molar-refractivity contribution in [2.24, 2.45) is 0 Å². The Bertz CT molecular complexity index is 1230. The van der Waals surface area contributed by atoms with Crippen molar-refractivity contribution >= 4 is 21.6 Å². The Labute approximate surface area is 194 Å². The minimum atomic E-state index is -4.04. The fourth-order valence-corrected chi connectivity index (χ4v) is 4.59. The number of carbonyl (C=O) groups is 1. The van der Waals surface area contributed by atoms with Gasteiger partial charge in [-0.3, -0.25) is 4.79 Å². The Balaban J connectivity index is 1.92. The third-order valence-corrected chi connectivity index (χ3v) is 6.89. The summed E-state index contributed by atoms with van der Waals surface area (Å²) in [5.74, 6) is 0.237. The number of ether oxygens (including phenoxy) is 2. The highest BCUT2D eigenvalue weighted by molar-refractivity contribution is 7.89. The fourth-order valence-electron chi connectivity index (χ4n) is 3.38. The maximum Gasteiger partial charge on any atom is 0.242 e. The fraction of sp³-hybridized carbons (Fsp3) is 0.240. The molecule has 0 bridgehead atoms. The van der Waals surface area contributed by atoms with Crippen LogP contribution in [0.15, 0.2) is 71.6 Å². The van der Waals surface area contributed by atoms with Crippen molar-refractivity contribution in [3.8, 4) is 11.5 Å². The van der Waals surface area contributed by atoms with Crippen LogP contribution in [0.2, 0.25) is 0 Å². The third kappa shape index (κ3) is 5.91. The van der Waals surface area contributed by atoms with Crippen LogP contribution in [0.4, 0.5) is 5.69 Å². The predicted molar refractivity (Wildman–Crippen MR) is 128 cm³/mol. The van der Waals surface area contributed by atoms with E-state index in [1.165, 1.54) is 32.4 Å². The summed E-state index contributed by atoms with van der Waals surface area (Å²) in [5.41, 5.74) is 3.42. The average Bonchev–Trinajstić information content (AvgIpc) is 2.81. The van der Waals surface area contributed by atoms with E-state index >= 15 is 0 Å². The molecule has 0 fully saturated rings. The molecule has 0 aromatic heterocycles. The molecule has 3 aromatic rings. The number of anilines is 1. The van der Waals surface area contributed by atoms with E-state index in [0.717, 1.165) is 16.7 Å². The Hall–Kier alpha value is -3.36. The molecule has 0 unspecified atom stereocenters. The van der Waals surface area contributed by atoms with Crippen LogP contribution in [0.5, 0.6) is 11.5 Å². The molecule has 7 nitrogen and oxygen atoms in total. The Kier molecular flexibility index (Phi) is 7.73. The van der Waals surface area contributed by atoms with Crippen molar-refractivity contribution in [3.63, 3.8) is 0 Å². The van der Waals surface area contributed by atoms with Gasteiger partial charge in [-0.25, -0.2) is 8.42 Å². The molecular weight excluding hydrogens is 440 g/mol. The highest BCUT2D eigenvalue weighted by Gasteiger charge is 2.27. The minimum Gasteiger partial charge on any atom is -0.493 e. The van der Waals surface area contributed by atoms with E-state index in [1.54, 1.807) is 6.07 Å². The van der Waals surface area contributed by atoms with Crippen LogP contribution in [0.1, 0.15) is 16.7 Å². The van der Waals surface area contributed by atoms with E-state index < -0.39 is 22.0 Å². The molecule has 1 atom stereocenters. The zero-order chi connectivity index (χ0) is 24.0. The molecule has 3 aromatic carbocycles. The molecule has 0 aliphatic rings. The molecule has 2 N–H and O–H groups in total. The van der Waals surface area contributed by atoms with Crippen LogP contribution >= 0.6 is 0 Å². The van der Waals surface area contributed by atoms with Crippen LogP contribution in [0.3, 0.4) is 0 Å². The van der Waals surface area contributed by atoms with Crippen molar-refractivity contribution in [2.45, 2.75) is 31.2 Å². The number of methoxy groups -OCH3 is 2. The summed E-state index contributed by atoms with van der Waals surface area (Å²) in [4.78, 5) is 13.2. The molecule has 0 aliphatic heterocycles. The number of hydrogen-bond acceptors (Lipinski definition) is 5. The lowest BCUT2D eigenvalue weighted by atomic mass is 10.0. The van der Waals surface area contributed by atoms with Crippen LogP contribution in [-0.4, -0.2) is 34.6 Å². The summed E-state index contributed by atoms with van der Waals surface area (Å²) in [6.45, 7) is 3.86. The molecule has 1 amide bonds. The number of aryl methyl sites for hydroxylation is 1. The van der Waals surface area contributed by atoms with Gasteiger partial charge in [-0.2, -0.15) is 4.72 Å². The van der Waals surface area contributed by atoms with Crippen LogP contribution < -0.4 is 19.5 Å². The number of rotatable bonds is 9. The van der Waals surface area contributed by atoms with Gasteiger partial charge in [-0.15, -0.1) is 0 Å². The topological polar surface area (TPSA) is 93.7 Å². The SMILES string of the molecule is COc1ccc(S(=O)(=O)N[C@@H](Cc2ccccc2)C(=O)Nc2cccc(C)c2C)cc1OC. The van der Waals surface area contributed by atoms with Crippen molar-refractivity contribution < 1.29 is 22.7 Å². The highest BCUT2D eigenvalue weighted by atomic mass is 32.2. The van der Waals surface area contributed by atoms with Gasteiger partial charge in [0.2, 0.25) is 15.9 Å². The standard InChI is InChI=1S/C25H28N2O5S/c1-17-9-8-12-21(18(17)2)26-25(28)22(15-19-10-6-5-7-11-19)27-33(29,30)20-13-14-23(31-3)24(16-20)32-4/h5-14,16,22,27H,15H2,1-4H3,(H,26,28)/t22-/m0/s1. The molecule has 0 aliphatic carbocycles. The van der Waals surface area contributed by atoms with Crippen molar-refractivity contribution in [1.29, 1.82) is 0 Å². The van der Waals surface area contributed by atoms with E-state index in [0.29, 0.717) is 11.4 Å². The number of sulfonamides is 1. The molecule has 0 spiro atoms. The summed E-state index contributed by atoms with van der Waals surface area (Å²) >= 11 is 0. The monoisotopic (exact) mass is 468 g/mol. The quantitative estimate of drug-likeness (QED) is 0.498. The highest BCUT2D eigenvalue weighted by Crippen LogP contribution is 2.29. The van der Waals surface area contributed by atoms with E-state index in [4.69, 9.17) is 9.47 Å². The van der Waals surface area contributed by atoms with Crippen LogP contribution in [0.25, 0.3) is 0 Å². The van der Waals surface area contributed by atoms with Gasteiger partial charge in [0.25, 0.3) is 0 Å². The lowest BCUT2D eigenvalue weighted by Crippen LogP contribution is -2.45. The number of hydrogen-bond donors (Lipinski definition) is 2. The van der Waals surface area contributed by atoms with E-state index in [9.17, 15) is 13.2 Å². The Morgan fingerprint density at radius 3 is 2.27 bits per heavy atom. The second-order valence-electron chi connectivity index (χ2n) is 7.62. The second kappa shape index (κ2) is 10.5. The number of nitrogens with one attached hydrogen (secondary N) is 2. The molecule has 0 saturated heterocycles. The Morgan fingerprint density at radius 2 is 1.61 bits per heavy atom. The van der Waals surface area contributed by atoms with Gasteiger partial charge in [0.1, 0.15) is 6.04 Å². The zero-order valence-electron chi connectivity index (χ0n) is 19.1. The summed E-state index contributed by atoms with van der Waals surface area (Å²) in [6, 6.07) is 18.1. The van der Waals surface area contributed by atoms with Crippen LogP contribution in [-0.2, 0) is 21.2 Å². The van der Waals surface area contributed by atoms with Crippen LogP contribution in [0, 0.1) is 13.8 Å². The molecule has 8 heteroatoms.